The van der Waals surface area contributed by atoms with E-state index in [1.165, 1.54) is 49.8 Å². The summed E-state index contributed by atoms with van der Waals surface area (Å²) in [6.07, 6.45) is 8.77. The van der Waals surface area contributed by atoms with Crippen LogP contribution in [0.25, 0.3) is 0 Å². The lowest BCUT2D eigenvalue weighted by Crippen LogP contribution is -2.37. The van der Waals surface area contributed by atoms with Gasteiger partial charge in [-0.25, -0.2) is 0 Å². The van der Waals surface area contributed by atoms with Gasteiger partial charge in [0.2, 0.25) is 5.89 Å². The second-order valence-electron chi connectivity index (χ2n) is 7.19. The predicted molar refractivity (Wildman–Crippen MR) is 84.3 cm³/mol. The molecule has 2 bridgehead atoms. The van der Waals surface area contributed by atoms with Gasteiger partial charge in [0.15, 0.2) is 0 Å². The Morgan fingerprint density at radius 3 is 2.68 bits per heavy atom. The highest BCUT2D eigenvalue weighted by molar-refractivity contribution is 5.65. The molecule has 2 heterocycles. The van der Waals surface area contributed by atoms with Crippen LogP contribution in [0.15, 0.2) is 28.8 Å². The van der Waals surface area contributed by atoms with Crippen LogP contribution in [0.4, 0.5) is 11.6 Å². The first-order valence-corrected chi connectivity index (χ1v) is 8.54. The van der Waals surface area contributed by atoms with E-state index in [9.17, 15) is 0 Å². The molecule has 1 aromatic carbocycles. The molecule has 3 saturated carbocycles. The van der Waals surface area contributed by atoms with E-state index in [4.69, 9.17) is 9.51 Å². The van der Waals surface area contributed by atoms with Gasteiger partial charge in [-0.2, -0.15) is 4.98 Å². The van der Waals surface area contributed by atoms with Crippen molar-refractivity contribution in [2.24, 2.45) is 5.92 Å². The molecule has 4 nitrogen and oxygen atoms in total. The fourth-order valence-corrected chi connectivity index (χ4v) is 4.66. The molecule has 0 atom stereocenters. The van der Waals surface area contributed by atoms with Gasteiger partial charge in [-0.05, 0) is 67.7 Å². The SMILES string of the molecule is c1ccc2c(c1)CCN2c1noc(C23CCC(CC2)CC3)n1. The molecule has 4 aliphatic rings. The third-order valence-electron chi connectivity index (χ3n) is 6.09. The quantitative estimate of drug-likeness (QED) is 0.840. The Morgan fingerprint density at radius 2 is 1.86 bits per heavy atom. The highest BCUT2D eigenvalue weighted by Crippen LogP contribution is 2.51. The van der Waals surface area contributed by atoms with Gasteiger partial charge in [0.25, 0.3) is 5.95 Å². The van der Waals surface area contributed by atoms with Gasteiger partial charge in [-0.3, -0.25) is 0 Å². The summed E-state index contributed by atoms with van der Waals surface area (Å²) < 4.78 is 5.75. The van der Waals surface area contributed by atoms with Crippen molar-refractivity contribution in [2.75, 3.05) is 11.4 Å². The molecule has 0 radical (unpaired) electrons. The number of anilines is 2. The van der Waals surface area contributed by atoms with E-state index in [2.05, 4.69) is 34.3 Å². The molecule has 0 N–H and O–H groups in total. The standard InChI is InChI=1S/C18H21N3O/c1-2-4-15-14(3-1)8-12-21(15)17-19-16(22-20-17)18-9-5-13(6-10-18)7-11-18/h1-4,13H,5-12H2. The van der Waals surface area contributed by atoms with Crippen molar-refractivity contribution in [3.63, 3.8) is 0 Å². The summed E-state index contributed by atoms with van der Waals surface area (Å²) in [4.78, 5) is 7.03. The molecular weight excluding hydrogens is 274 g/mol. The van der Waals surface area contributed by atoms with Crippen LogP contribution in [0.2, 0.25) is 0 Å². The van der Waals surface area contributed by atoms with Crippen LogP contribution >= 0.6 is 0 Å². The maximum absolute atomic E-state index is 5.75. The zero-order valence-electron chi connectivity index (χ0n) is 12.8. The van der Waals surface area contributed by atoms with Crippen molar-refractivity contribution < 1.29 is 4.52 Å². The molecule has 1 aliphatic heterocycles. The molecule has 3 fully saturated rings. The average molecular weight is 295 g/mol. The van der Waals surface area contributed by atoms with Crippen LogP contribution in [0.1, 0.15) is 50.0 Å². The Bertz CT molecular complexity index is 686. The molecule has 0 saturated heterocycles. The Kier molecular flexibility index (Phi) is 2.64. The van der Waals surface area contributed by atoms with E-state index < -0.39 is 0 Å². The van der Waals surface area contributed by atoms with Crippen LogP contribution in [0.3, 0.4) is 0 Å². The van der Waals surface area contributed by atoms with Crippen LogP contribution in [-0.4, -0.2) is 16.7 Å². The van der Waals surface area contributed by atoms with Crippen LogP contribution < -0.4 is 4.90 Å². The largest absolute Gasteiger partial charge is 0.337 e. The van der Waals surface area contributed by atoms with Crippen molar-refractivity contribution in [2.45, 2.75) is 50.4 Å². The maximum atomic E-state index is 5.75. The monoisotopic (exact) mass is 295 g/mol. The molecule has 3 aliphatic carbocycles. The highest BCUT2D eigenvalue weighted by Gasteiger charge is 2.45. The Labute approximate surface area is 130 Å². The van der Waals surface area contributed by atoms with E-state index >= 15 is 0 Å². The summed E-state index contributed by atoms with van der Waals surface area (Å²) in [7, 11) is 0. The minimum Gasteiger partial charge on any atom is -0.337 e. The summed E-state index contributed by atoms with van der Waals surface area (Å²) in [5.41, 5.74) is 2.80. The summed E-state index contributed by atoms with van der Waals surface area (Å²) >= 11 is 0. The average Bonchev–Trinajstić information content (AvgIpc) is 3.23. The molecule has 114 valence electrons. The fourth-order valence-electron chi connectivity index (χ4n) is 4.66. The van der Waals surface area contributed by atoms with Gasteiger partial charge >= 0.3 is 0 Å². The third-order valence-corrected chi connectivity index (χ3v) is 6.09. The number of aromatic nitrogens is 2. The highest BCUT2D eigenvalue weighted by atomic mass is 16.5. The second kappa shape index (κ2) is 4.58. The summed E-state index contributed by atoms with van der Waals surface area (Å²) in [6.45, 7) is 0.952. The molecule has 4 heteroatoms. The lowest BCUT2D eigenvalue weighted by molar-refractivity contribution is 0.103. The molecule has 0 unspecified atom stereocenters. The Balaban J connectivity index is 1.48. The molecule has 6 rings (SSSR count). The lowest BCUT2D eigenvalue weighted by atomic mass is 9.61. The molecule has 2 aromatic rings. The third kappa shape index (κ3) is 1.76. The first-order valence-electron chi connectivity index (χ1n) is 8.54. The van der Waals surface area contributed by atoms with Gasteiger partial charge in [0.1, 0.15) is 0 Å². The number of para-hydroxylation sites is 1. The minimum atomic E-state index is 0.180. The summed E-state index contributed by atoms with van der Waals surface area (Å²) in [5.74, 6) is 2.60. The van der Waals surface area contributed by atoms with Crippen LogP contribution in [0.5, 0.6) is 0 Å². The number of nitrogens with zero attached hydrogens (tertiary/aromatic N) is 3. The van der Waals surface area contributed by atoms with Gasteiger partial charge in [0.05, 0.1) is 0 Å². The van der Waals surface area contributed by atoms with E-state index in [0.717, 1.165) is 30.7 Å². The van der Waals surface area contributed by atoms with E-state index in [1.54, 1.807) is 0 Å². The Hall–Kier alpha value is -1.84. The maximum Gasteiger partial charge on any atom is 0.270 e. The number of rotatable bonds is 2. The summed E-state index contributed by atoms with van der Waals surface area (Å²) in [5, 5.41) is 4.32. The van der Waals surface area contributed by atoms with Crippen molar-refractivity contribution in [3.8, 4) is 0 Å². The lowest BCUT2D eigenvalue weighted by Gasteiger charge is -2.43. The van der Waals surface area contributed by atoms with Crippen molar-refractivity contribution in [3.05, 3.63) is 35.7 Å². The Morgan fingerprint density at radius 1 is 1.09 bits per heavy atom. The number of benzene rings is 1. The predicted octanol–water partition coefficient (Wildman–Crippen LogP) is 3.99. The smallest absolute Gasteiger partial charge is 0.270 e. The van der Waals surface area contributed by atoms with Crippen molar-refractivity contribution in [1.82, 2.24) is 10.1 Å². The zero-order chi connectivity index (χ0) is 14.6. The number of hydrogen-bond acceptors (Lipinski definition) is 4. The molecule has 1 aromatic heterocycles. The van der Waals surface area contributed by atoms with Crippen molar-refractivity contribution in [1.29, 1.82) is 0 Å². The van der Waals surface area contributed by atoms with E-state index in [1.807, 2.05) is 0 Å². The van der Waals surface area contributed by atoms with Crippen molar-refractivity contribution >= 4 is 11.6 Å². The topological polar surface area (TPSA) is 42.2 Å². The van der Waals surface area contributed by atoms with Crippen LogP contribution in [0, 0.1) is 5.92 Å². The normalized spacial score (nSPS) is 29.8. The first-order chi connectivity index (χ1) is 10.8. The zero-order valence-corrected chi connectivity index (χ0v) is 12.8. The summed E-state index contributed by atoms with van der Waals surface area (Å²) in [6, 6.07) is 8.53. The van der Waals surface area contributed by atoms with Gasteiger partial charge in [0, 0.05) is 17.6 Å². The molecule has 22 heavy (non-hydrogen) atoms. The van der Waals surface area contributed by atoms with E-state index in [0.29, 0.717) is 0 Å². The first kappa shape index (κ1) is 12.7. The second-order valence-corrected chi connectivity index (χ2v) is 7.19. The minimum absolute atomic E-state index is 0.180. The fraction of sp³-hybridized carbons (Fsp3) is 0.556. The molecule has 0 amide bonds. The molecular formula is C18H21N3O. The van der Waals surface area contributed by atoms with Gasteiger partial charge < -0.3 is 9.42 Å². The van der Waals surface area contributed by atoms with Gasteiger partial charge in [-0.1, -0.05) is 18.2 Å². The van der Waals surface area contributed by atoms with Crippen LogP contribution in [-0.2, 0) is 11.8 Å². The number of hydrogen-bond donors (Lipinski definition) is 0. The van der Waals surface area contributed by atoms with E-state index in [-0.39, 0.29) is 5.41 Å². The van der Waals surface area contributed by atoms with Gasteiger partial charge in [-0.15, -0.1) is 0 Å². The number of fused-ring (bicyclic) bond motifs is 4. The molecule has 0 spiro atoms.